The number of aromatic nitrogens is 2. The minimum atomic E-state index is 0.442. The molecule has 3 rings (SSSR count). The maximum Gasteiger partial charge on any atom is 0.124 e. The predicted octanol–water partition coefficient (Wildman–Crippen LogP) is 4.43. The van der Waals surface area contributed by atoms with Gasteiger partial charge in [0.15, 0.2) is 0 Å². The number of fused-ring (bicyclic) bond motifs is 1. The number of alkyl halides is 1. The summed E-state index contributed by atoms with van der Waals surface area (Å²) in [4.78, 5) is 4.63. The van der Waals surface area contributed by atoms with Gasteiger partial charge in [-0.2, -0.15) is 0 Å². The second-order valence-corrected chi connectivity index (χ2v) is 6.20. The van der Waals surface area contributed by atoms with Crippen LogP contribution in [0.3, 0.4) is 0 Å². The third kappa shape index (κ3) is 3.41. The lowest BCUT2D eigenvalue weighted by atomic mass is 9.98. The largest absolute Gasteiger partial charge is 0.376 e. The Morgan fingerprint density at radius 2 is 2.10 bits per heavy atom. The summed E-state index contributed by atoms with van der Waals surface area (Å²) in [7, 11) is 0. The van der Waals surface area contributed by atoms with E-state index in [-0.39, 0.29) is 0 Å². The first-order valence-corrected chi connectivity index (χ1v) is 8.44. The van der Waals surface area contributed by atoms with Gasteiger partial charge in [0, 0.05) is 6.54 Å². The van der Waals surface area contributed by atoms with Gasteiger partial charge in [0.1, 0.15) is 5.82 Å². The molecule has 0 amide bonds. The molecule has 0 radical (unpaired) electrons. The minimum Gasteiger partial charge on any atom is -0.376 e. The van der Waals surface area contributed by atoms with E-state index in [1.807, 2.05) is 0 Å². The monoisotopic (exact) mass is 306 g/mol. The zero-order valence-corrected chi connectivity index (χ0v) is 13.4. The topological polar surface area (TPSA) is 27.1 Å². The van der Waals surface area contributed by atoms with Crippen molar-refractivity contribution in [3.63, 3.8) is 0 Å². The van der Waals surface area contributed by atoms with E-state index >= 15 is 0 Å². The molecule has 1 fully saturated rings. The predicted molar refractivity (Wildman–Crippen MR) is 86.9 cm³/mol. The molecule has 0 N–H and O–H groups in total. The summed E-state index contributed by atoms with van der Waals surface area (Å²) in [5, 5.41) is 0. The quantitative estimate of drug-likeness (QED) is 0.764. The maximum absolute atomic E-state index is 6.05. The Bertz CT molecular complexity index is 602. The van der Waals surface area contributed by atoms with E-state index in [1.54, 1.807) is 0 Å². The third-order valence-corrected chi connectivity index (χ3v) is 4.56. The van der Waals surface area contributed by atoms with Crippen molar-refractivity contribution in [1.82, 2.24) is 9.55 Å². The van der Waals surface area contributed by atoms with E-state index in [4.69, 9.17) is 16.3 Å². The molecule has 0 bridgehead atoms. The van der Waals surface area contributed by atoms with Gasteiger partial charge in [-0.15, -0.1) is 11.6 Å². The van der Waals surface area contributed by atoms with Crippen LogP contribution in [0.1, 0.15) is 43.5 Å². The van der Waals surface area contributed by atoms with Crippen LogP contribution in [0.5, 0.6) is 0 Å². The van der Waals surface area contributed by atoms with Crippen molar-refractivity contribution in [2.75, 3.05) is 6.61 Å². The van der Waals surface area contributed by atoms with Crippen LogP contribution in [0.25, 0.3) is 11.0 Å². The molecular formula is C17H23ClN2O. The van der Waals surface area contributed by atoms with E-state index < -0.39 is 0 Å². The van der Waals surface area contributed by atoms with Gasteiger partial charge in [-0.05, 0) is 37.5 Å². The summed E-state index contributed by atoms with van der Waals surface area (Å²) in [5.41, 5.74) is 3.42. The lowest BCUT2D eigenvalue weighted by Crippen LogP contribution is -2.19. The van der Waals surface area contributed by atoms with Crippen molar-refractivity contribution >= 4 is 22.6 Å². The Balaban J connectivity index is 1.70. The molecule has 1 aromatic heterocycles. The fraction of sp³-hybridized carbons (Fsp3) is 0.588. The van der Waals surface area contributed by atoms with Crippen LogP contribution < -0.4 is 0 Å². The average molecular weight is 307 g/mol. The van der Waals surface area contributed by atoms with Crippen LogP contribution in [-0.2, 0) is 17.2 Å². The molecule has 3 nitrogen and oxygen atoms in total. The van der Waals surface area contributed by atoms with Crippen LogP contribution in [-0.4, -0.2) is 22.3 Å². The molecule has 1 heterocycles. The molecule has 1 aliphatic carbocycles. The van der Waals surface area contributed by atoms with Gasteiger partial charge in [0.25, 0.3) is 0 Å². The molecule has 0 saturated heterocycles. The van der Waals surface area contributed by atoms with Crippen molar-refractivity contribution in [3.8, 4) is 0 Å². The first-order valence-electron chi connectivity index (χ1n) is 7.91. The van der Waals surface area contributed by atoms with E-state index in [1.165, 1.54) is 37.7 Å². The zero-order chi connectivity index (χ0) is 14.7. The van der Waals surface area contributed by atoms with E-state index in [2.05, 4.69) is 34.7 Å². The average Bonchev–Trinajstić information content (AvgIpc) is 2.85. The Morgan fingerprint density at radius 3 is 2.86 bits per heavy atom. The summed E-state index contributed by atoms with van der Waals surface area (Å²) in [6.45, 7) is 3.66. The number of ether oxygens (including phenoxy) is 1. The zero-order valence-electron chi connectivity index (χ0n) is 12.6. The van der Waals surface area contributed by atoms with E-state index in [9.17, 15) is 0 Å². The van der Waals surface area contributed by atoms with Gasteiger partial charge in [-0.25, -0.2) is 4.98 Å². The summed E-state index contributed by atoms with van der Waals surface area (Å²) >= 11 is 6.05. The summed E-state index contributed by atoms with van der Waals surface area (Å²) in [6.07, 6.45) is 6.87. The fourth-order valence-corrected chi connectivity index (χ4v) is 3.39. The minimum absolute atomic E-state index is 0.442. The summed E-state index contributed by atoms with van der Waals surface area (Å²) < 4.78 is 8.24. The van der Waals surface area contributed by atoms with Crippen LogP contribution in [0.4, 0.5) is 0 Å². The molecule has 1 aliphatic rings. The van der Waals surface area contributed by atoms with Crippen molar-refractivity contribution < 1.29 is 4.74 Å². The Morgan fingerprint density at radius 1 is 1.29 bits per heavy atom. The Labute approximate surface area is 131 Å². The second kappa shape index (κ2) is 6.80. The molecule has 0 atom stereocenters. The highest BCUT2D eigenvalue weighted by molar-refractivity contribution is 6.16. The smallest absolute Gasteiger partial charge is 0.124 e. The maximum atomic E-state index is 6.05. The molecule has 4 heteroatoms. The number of imidazole rings is 1. The summed E-state index contributed by atoms with van der Waals surface area (Å²) in [5.74, 6) is 1.38. The van der Waals surface area contributed by atoms with Gasteiger partial charge < -0.3 is 9.30 Å². The van der Waals surface area contributed by atoms with Crippen LogP contribution in [0.2, 0.25) is 0 Å². The molecule has 114 valence electrons. The van der Waals surface area contributed by atoms with E-state index in [0.29, 0.717) is 12.0 Å². The van der Waals surface area contributed by atoms with Gasteiger partial charge in [0.2, 0.25) is 0 Å². The lowest BCUT2D eigenvalue weighted by Gasteiger charge is -2.22. The van der Waals surface area contributed by atoms with Gasteiger partial charge in [-0.3, -0.25) is 0 Å². The number of benzene rings is 1. The van der Waals surface area contributed by atoms with Crippen molar-refractivity contribution in [3.05, 3.63) is 29.6 Å². The number of aryl methyl sites for hydroxylation is 1. The van der Waals surface area contributed by atoms with Crippen LogP contribution in [0.15, 0.2) is 18.2 Å². The van der Waals surface area contributed by atoms with Crippen molar-refractivity contribution in [2.45, 2.75) is 57.6 Å². The van der Waals surface area contributed by atoms with Gasteiger partial charge in [-0.1, -0.05) is 25.3 Å². The first-order chi connectivity index (χ1) is 10.3. The summed E-state index contributed by atoms with van der Waals surface area (Å²) in [6, 6.07) is 6.37. The Kier molecular flexibility index (Phi) is 4.81. The standard InChI is InChI=1S/C17H23ClN2O/c1-13-7-8-16-15(11-13)19-17(12-18)20(16)9-10-21-14-5-3-2-4-6-14/h7-8,11,14H,2-6,9-10,12H2,1H3. The molecule has 1 aromatic carbocycles. The number of hydrogen-bond donors (Lipinski definition) is 0. The molecule has 2 aromatic rings. The van der Waals surface area contributed by atoms with E-state index in [0.717, 1.165) is 30.0 Å². The second-order valence-electron chi connectivity index (χ2n) is 5.94. The molecule has 0 unspecified atom stereocenters. The third-order valence-electron chi connectivity index (χ3n) is 4.32. The molecule has 0 spiro atoms. The lowest BCUT2D eigenvalue weighted by molar-refractivity contribution is 0.0242. The highest BCUT2D eigenvalue weighted by Gasteiger charge is 2.14. The highest BCUT2D eigenvalue weighted by atomic mass is 35.5. The van der Waals surface area contributed by atoms with Crippen LogP contribution in [0, 0.1) is 6.92 Å². The molecule has 0 aliphatic heterocycles. The highest BCUT2D eigenvalue weighted by Crippen LogP contribution is 2.22. The van der Waals surface area contributed by atoms with Crippen molar-refractivity contribution in [1.29, 1.82) is 0 Å². The molecule has 1 saturated carbocycles. The van der Waals surface area contributed by atoms with Gasteiger partial charge >= 0.3 is 0 Å². The van der Waals surface area contributed by atoms with Crippen molar-refractivity contribution in [2.24, 2.45) is 0 Å². The number of halogens is 1. The fourth-order valence-electron chi connectivity index (χ4n) is 3.18. The van der Waals surface area contributed by atoms with Gasteiger partial charge in [0.05, 0.1) is 29.6 Å². The van der Waals surface area contributed by atoms with Crippen LogP contribution >= 0.6 is 11.6 Å². The number of nitrogens with zero attached hydrogens (tertiary/aromatic N) is 2. The molecule has 21 heavy (non-hydrogen) atoms. The number of rotatable bonds is 5. The SMILES string of the molecule is Cc1ccc2c(c1)nc(CCl)n2CCOC1CCCCC1. The first kappa shape index (κ1) is 14.9. The normalized spacial score (nSPS) is 16.7. The Hall–Kier alpha value is -1.06. The molecular weight excluding hydrogens is 284 g/mol. The number of hydrogen-bond acceptors (Lipinski definition) is 2.